The number of halogens is 1. The lowest BCUT2D eigenvalue weighted by Gasteiger charge is -2.40. The van der Waals surface area contributed by atoms with Crippen LogP contribution in [0.4, 0.5) is 5.82 Å². The third-order valence-electron chi connectivity index (χ3n) is 4.52. The molecule has 0 saturated carbocycles. The normalized spacial score (nSPS) is 22.1. The lowest BCUT2D eigenvalue weighted by Crippen LogP contribution is -2.46. The van der Waals surface area contributed by atoms with Crippen LogP contribution < -0.4 is 4.90 Å². The molecule has 2 aliphatic rings. The zero-order chi connectivity index (χ0) is 13.8. The molecule has 0 spiro atoms. The molecule has 1 aromatic heterocycles. The van der Waals surface area contributed by atoms with Crippen LogP contribution in [-0.2, 0) is 5.88 Å². The van der Waals surface area contributed by atoms with E-state index in [4.69, 9.17) is 11.6 Å². The quantitative estimate of drug-likeness (QED) is 0.802. The van der Waals surface area contributed by atoms with E-state index in [1.807, 2.05) is 6.20 Å². The van der Waals surface area contributed by atoms with Gasteiger partial charge >= 0.3 is 0 Å². The number of likely N-dealkylation sites (tertiary alicyclic amines) is 1. The Morgan fingerprint density at radius 3 is 2.35 bits per heavy atom. The van der Waals surface area contributed by atoms with Crippen molar-refractivity contribution in [1.29, 1.82) is 0 Å². The number of anilines is 1. The van der Waals surface area contributed by atoms with Crippen LogP contribution in [0.3, 0.4) is 0 Å². The fraction of sp³-hybridized carbons (Fsp3) is 0.733. The summed E-state index contributed by atoms with van der Waals surface area (Å²) in [4.78, 5) is 13.9. The minimum atomic E-state index is 0.435. The SMILES string of the molecule is ClCc1cnc(N2CCC(N3CCCCC3)CC2)cn1. The lowest BCUT2D eigenvalue weighted by molar-refractivity contribution is 0.141. The Kier molecular flexibility index (Phi) is 4.73. The van der Waals surface area contributed by atoms with Crippen LogP contribution in [0.1, 0.15) is 37.8 Å². The molecule has 20 heavy (non-hydrogen) atoms. The number of rotatable bonds is 3. The van der Waals surface area contributed by atoms with Crippen LogP contribution in [0.15, 0.2) is 12.4 Å². The summed E-state index contributed by atoms with van der Waals surface area (Å²) in [6, 6.07) is 0.779. The Balaban J connectivity index is 1.54. The first-order valence-electron chi connectivity index (χ1n) is 7.72. The van der Waals surface area contributed by atoms with Gasteiger partial charge in [0.25, 0.3) is 0 Å². The number of hydrogen-bond donors (Lipinski definition) is 0. The molecule has 3 rings (SSSR count). The Morgan fingerprint density at radius 2 is 1.75 bits per heavy atom. The summed E-state index contributed by atoms with van der Waals surface area (Å²) >= 11 is 5.75. The molecule has 0 bridgehead atoms. The second-order valence-electron chi connectivity index (χ2n) is 5.81. The molecule has 0 aliphatic carbocycles. The molecule has 4 nitrogen and oxygen atoms in total. The predicted molar refractivity (Wildman–Crippen MR) is 82.2 cm³/mol. The Morgan fingerprint density at radius 1 is 1.00 bits per heavy atom. The van der Waals surface area contributed by atoms with Gasteiger partial charge in [0.2, 0.25) is 0 Å². The van der Waals surface area contributed by atoms with Crippen molar-refractivity contribution in [2.75, 3.05) is 31.1 Å². The highest BCUT2D eigenvalue weighted by Crippen LogP contribution is 2.23. The van der Waals surface area contributed by atoms with E-state index in [0.717, 1.165) is 30.6 Å². The van der Waals surface area contributed by atoms with E-state index in [9.17, 15) is 0 Å². The van der Waals surface area contributed by atoms with Crippen molar-refractivity contribution >= 4 is 17.4 Å². The molecule has 5 heteroatoms. The highest BCUT2D eigenvalue weighted by atomic mass is 35.5. The molecule has 3 heterocycles. The summed E-state index contributed by atoms with van der Waals surface area (Å²) in [5.41, 5.74) is 0.846. The van der Waals surface area contributed by atoms with E-state index >= 15 is 0 Å². The van der Waals surface area contributed by atoms with Gasteiger partial charge in [0.15, 0.2) is 0 Å². The van der Waals surface area contributed by atoms with Crippen LogP contribution in [0.25, 0.3) is 0 Å². The third-order valence-corrected chi connectivity index (χ3v) is 4.80. The zero-order valence-electron chi connectivity index (χ0n) is 12.0. The van der Waals surface area contributed by atoms with Gasteiger partial charge in [-0.05, 0) is 38.8 Å². The third kappa shape index (κ3) is 3.23. The van der Waals surface area contributed by atoms with Crippen molar-refractivity contribution in [3.05, 3.63) is 18.1 Å². The first-order chi connectivity index (χ1) is 9.86. The standard InChI is InChI=1S/C15H23ClN4/c16-10-13-11-18-15(12-17-13)20-8-4-14(5-9-20)19-6-2-1-3-7-19/h11-12,14H,1-10H2. The highest BCUT2D eigenvalue weighted by Gasteiger charge is 2.26. The molecule has 110 valence electrons. The number of alkyl halides is 1. The van der Waals surface area contributed by atoms with Crippen LogP contribution in [0.2, 0.25) is 0 Å². The summed E-state index contributed by atoms with van der Waals surface area (Å²) in [6.07, 6.45) is 10.3. The molecule has 0 aromatic carbocycles. The summed E-state index contributed by atoms with van der Waals surface area (Å²) in [6.45, 7) is 4.79. The van der Waals surface area contributed by atoms with E-state index in [1.54, 1.807) is 6.20 Å². The molecule has 2 aliphatic heterocycles. The van der Waals surface area contributed by atoms with Crippen LogP contribution in [-0.4, -0.2) is 47.1 Å². The van der Waals surface area contributed by atoms with Crippen molar-refractivity contribution in [3.8, 4) is 0 Å². The Hall–Kier alpha value is -0.870. The highest BCUT2D eigenvalue weighted by molar-refractivity contribution is 6.16. The van der Waals surface area contributed by atoms with Gasteiger partial charge in [-0.1, -0.05) is 6.42 Å². The van der Waals surface area contributed by atoms with Gasteiger partial charge in [0, 0.05) is 19.1 Å². The molecule has 0 amide bonds. The Bertz CT molecular complexity index is 408. The van der Waals surface area contributed by atoms with Gasteiger partial charge < -0.3 is 9.80 Å². The smallest absolute Gasteiger partial charge is 0.147 e. The summed E-state index contributed by atoms with van der Waals surface area (Å²) in [7, 11) is 0. The maximum Gasteiger partial charge on any atom is 0.147 e. The molecule has 0 N–H and O–H groups in total. The molecule has 0 unspecified atom stereocenters. The van der Waals surface area contributed by atoms with Gasteiger partial charge in [-0.2, -0.15) is 0 Å². The summed E-state index contributed by atoms with van der Waals surface area (Å²) < 4.78 is 0. The van der Waals surface area contributed by atoms with Crippen molar-refractivity contribution in [2.45, 2.75) is 44.0 Å². The van der Waals surface area contributed by atoms with Gasteiger partial charge in [0.05, 0.1) is 24.0 Å². The molecule has 2 saturated heterocycles. The maximum absolute atomic E-state index is 5.75. The minimum Gasteiger partial charge on any atom is -0.355 e. The summed E-state index contributed by atoms with van der Waals surface area (Å²) in [5.74, 6) is 1.43. The number of piperidine rings is 2. The summed E-state index contributed by atoms with van der Waals surface area (Å²) in [5, 5.41) is 0. The van der Waals surface area contributed by atoms with Gasteiger partial charge in [-0.3, -0.25) is 4.98 Å². The van der Waals surface area contributed by atoms with E-state index in [1.165, 1.54) is 45.2 Å². The molecule has 2 fully saturated rings. The largest absolute Gasteiger partial charge is 0.355 e. The van der Waals surface area contributed by atoms with Crippen LogP contribution in [0.5, 0.6) is 0 Å². The number of aromatic nitrogens is 2. The average Bonchev–Trinajstić information content (AvgIpc) is 2.56. The minimum absolute atomic E-state index is 0.435. The van der Waals surface area contributed by atoms with Crippen LogP contribution in [0, 0.1) is 0 Å². The van der Waals surface area contributed by atoms with E-state index < -0.39 is 0 Å². The topological polar surface area (TPSA) is 32.3 Å². The second-order valence-corrected chi connectivity index (χ2v) is 6.08. The monoisotopic (exact) mass is 294 g/mol. The first-order valence-corrected chi connectivity index (χ1v) is 8.26. The number of hydrogen-bond acceptors (Lipinski definition) is 4. The molecular weight excluding hydrogens is 272 g/mol. The molecule has 0 atom stereocenters. The van der Waals surface area contributed by atoms with Crippen molar-refractivity contribution in [1.82, 2.24) is 14.9 Å². The first kappa shape index (κ1) is 14.1. The molecule has 1 aromatic rings. The molecule has 0 radical (unpaired) electrons. The number of nitrogens with zero attached hydrogens (tertiary/aromatic N) is 4. The van der Waals surface area contributed by atoms with Crippen molar-refractivity contribution in [3.63, 3.8) is 0 Å². The van der Waals surface area contributed by atoms with Gasteiger partial charge in [-0.25, -0.2) is 4.98 Å². The van der Waals surface area contributed by atoms with E-state index in [-0.39, 0.29) is 0 Å². The van der Waals surface area contributed by atoms with Gasteiger partial charge in [-0.15, -0.1) is 11.6 Å². The average molecular weight is 295 g/mol. The fourth-order valence-electron chi connectivity index (χ4n) is 3.32. The van der Waals surface area contributed by atoms with Crippen LogP contribution >= 0.6 is 11.6 Å². The lowest BCUT2D eigenvalue weighted by atomic mass is 10.00. The Labute approximate surface area is 126 Å². The maximum atomic E-state index is 5.75. The van der Waals surface area contributed by atoms with E-state index in [0.29, 0.717) is 5.88 Å². The fourth-order valence-corrected chi connectivity index (χ4v) is 3.46. The van der Waals surface area contributed by atoms with Gasteiger partial charge in [0.1, 0.15) is 5.82 Å². The van der Waals surface area contributed by atoms with E-state index in [2.05, 4.69) is 19.8 Å². The van der Waals surface area contributed by atoms with Crippen molar-refractivity contribution in [2.24, 2.45) is 0 Å². The van der Waals surface area contributed by atoms with Crippen molar-refractivity contribution < 1.29 is 0 Å². The zero-order valence-corrected chi connectivity index (χ0v) is 12.7. The molecular formula is C15H23ClN4. The second kappa shape index (κ2) is 6.72. The predicted octanol–water partition coefficient (Wildman–Crippen LogP) is 2.67.